The van der Waals surface area contributed by atoms with Crippen LogP contribution in [0, 0.1) is 0 Å². The largest absolute Gasteiger partial charge is 0.462 e. The number of nitrogens with two attached hydrogens (primary N) is 1. The third-order valence-electron chi connectivity index (χ3n) is 1.71. The van der Waals surface area contributed by atoms with E-state index in [1.165, 1.54) is 0 Å². The SMILES string of the molecule is CC(N)(CO)c1ccc(CO)o1. The third-order valence-corrected chi connectivity index (χ3v) is 1.71. The standard InChI is InChI=1S/C8H13NO3/c1-8(9,5-11)7-3-2-6(4-10)12-7/h2-3,10-11H,4-5,9H2,1H3. The van der Waals surface area contributed by atoms with Crippen LogP contribution in [0.2, 0.25) is 0 Å². The van der Waals surface area contributed by atoms with E-state index in [1.54, 1.807) is 19.1 Å². The molecule has 1 unspecified atom stereocenters. The molecule has 0 amide bonds. The van der Waals surface area contributed by atoms with Crippen molar-refractivity contribution >= 4 is 0 Å². The number of furan rings is 1. The molecule has 12 heavy (non-hydrogen) atoms. The van der Waals surface area contributed by atoms with Gasteiger partial charge in [-0.25, -0.2) is 0 Å². The summed E-state index contributed by atoms with van der Waals surface area (Å²) in [6.45, 7) is 1.32. The van der Waals surface area contributed by atoms with E-state index < -0.39 is 5.54 Å². The minimum atomic E-state index is -0.868. The predicted molar refractivity (Wildman–Crippen MR) is 43.3 cm³/mol. The van der Waals surface area contributed by atoms with Crippen molar-refractivity contribution in [3.63, 3.8) is 0 Å². The van der Waals surface area contributed by atoms with Crippen LogP contribution in [-0.2, 0) is 12.1 Å². The van der Waals surface area contributed by atoms with Gasteiger partial charge < -0.3 is 20.4 Å². The molecule has 1 aromatic heterocycles. The highest BCUT2D eigenvalue weighted by atomic mass is 16.4. The van der Waals surface area contributed by atoms with Gasteiger partial charge >= 0.3 is 0 Å². The molecule has 0 aliphatic carbocycles. The van der Waals surface area contributed by atoms with Crippen molar-refractivity contribution in [1.82, 2.24) is 0 Å². The van der Waals surface area contributed by atoms with Gasteiger partial charge in [0.2, 0.25) is 0 Å². The zero-order valence-corrected chi connectivity index (χ0v) is 6.95. The van der Waals surface area contributed by atoms with Crippen molar-refractivity contribution in [2.24, 2.45) is 5.73 Å². The van der Waals surface area contributed by atoms with Crippen molar-refractivity contribution in [3.05, 3.63) is 23.7 Å². The Bertz CT molecular complexity index is 255. The Morgan fingerprint density at radius 1 is 1.50 bits per heavy atom. The minimum absolute atomic E-state index is 0.151. The monoisotopic (exact) mass is 171 g/mol. The van der Waals surface area contributed by atoms with Crippen molar-refractivity contribution in [3.8, 4) is 0 Å². The van der Waals surface area contributed by atoms with Gasteiger partial charge in [0.25, 0.3) is 0 Å². The Morgan fingerprint density at radius 3 is 2.58 bits per heavy atom. The van der Waals surface area contributed by atoms with Gasteiger partial charge in [-0.05, 0) is 19.1 Å². The highest BCUT2D eigenvalue weighted by Gasteiger charge is 2.23. The average molecular weight is 171 g/mol. The van der Waals surface area contributed by atoms with Gasteiger partial charge in [-0.1, -0.05) is 0 Å². The maximum absolute atomic E-state index is 8.88. The zero-order chi connectivity index (χ0) is 9.19. The normalized spacial score (nSPS) is 16.0. The lowest BCUT2D eigenvalue weighted by Gasteiger charge is -2.18. The van der Waals surface area contributed by atoms with E-state index in [4.69, 9.17) is 20.4 Å². The van der Waals surface area contributed by atoms with Crippen LogP contribution in [0.25, 0.3) is 0 Å². The molecule has 4 heteroatoms. The summed E-state index contributed by atoms with van der Waals surface area (Å²) in [5, 5.41) is 17.6. The van der Waals surface area contributed by atoms with E-state index in [-0.39, 0.29) is 13.2 Å². The quantitative estimate of drug-likeness (QED) is 0.595. The first kappa shape index (κ1) is 9.25. The molecule has 0 bridgehead atoms. The van der Waals surface area contributed by atoms with Crippen LogP contribution in [-0.4, -0.2) is 16.8 Å². The first-order valence-electron chi connectivity index (χ1n) is 3.70. The lowest BCUT2D eigenvalue weighted by Crippen LogP contribution is -2.36. The molecule has 0 saturated heterocycles. The van der Waals surface area contributed by atoms with Gasteiger partial charge in [-0.2, -0.15) is 0 Å². The van der Waals surface area contributed by atoms with E-state index >= 15 is 0 Å². The van der Waals surface area contributed by atoms with E-state index in [1.807, 2.05) is 0 Å². The Balaban J connectivity index is 2.88. The first-order chi connectivity index (χ1) is 5.60. The fourth-order valence-electron chi connectivity index (χ4n) is 0.848. The fraction of sp³-hybridized carbons (Fsp3) is 0.500. The maximum Gasteiger partial charge on any atom is 0.129 e. The summed E-state index contributed by atoms with van der Waals surface area (Å²) in [6, 6.07) is 3.29. The second kappa shape index (κ2) is 3.26. The molecule has 0 aliphatic heterocycles. The summed E-state index contributed by atoms with van der Waals surface area (Å²) < 4.78 is 5.15. The van der Waals surface area contributed by atoms with Crippen LogP contribution in [0.15, 0.2) is 16.5 Å². The molecule has 0 fully saturated rings. The van der Waals surface area contributed by atoms with E-state index in [2.05, 4.69) is 0 Å². The number of hydrogen-bond acceptors (Lipinski definition) is 4. The Hall–Kier alpha value is -0.840. The number of aliphatic hydroxyl groups excluding tert-OH is 2. The number of rotatable bonds is 3. The Kier molecular flexibility index (Phi) is 2.52. The van der Waals surface area contributed by atoms with Gasteiger partial charge in [-0.15, -0.1) is 0 Å². The van der Waals surface area contributed by atoms with Crippen molar-refractivity contribution in [2.75, 3.05) is 6.61 Å². The molecule has 0 saturated carbocycles. The Morgan fingerprint density at radius 2 is 2.17 bits per heavy atom. The van der Waals surface area contributed by atoms with Crippen molar-refractivity contribution < 1.29 is 14.6 Å². The van der Waals surface area contributed by atoms with E-state index in [0.717, 1.165) is 0 Å². The molecule has 68 valence electrons. The van der Waals surface area contributed by atoms with Crippen molar-refractivity contribution in [2.45, 2.75) is 19.1 Å². The van der Waals surface area contributed by atoms with Crippen LogP contribution in [0.5, 0.6) is 0 Å². The molecule has 1 heterocycles. The second-order valence-corrected chi connectivity index (χ2v) is 3.00. The topological polar surface area (TPSA) is 79.6 Å². The van der Waals surface area contributed by atoms with Crippen LogP contribution < -0.4 is 5.73 Å². The molecule has 4 nitrogen and oxygen atoms in total. The predicted octanol–water partition coefficient (Wildman–Crippen LogP) is -0.0619. The summed E-state index contributed by atoms with van der Waals surface area (Å²) in [4.78, 5) is 0. The molecule has 0 radical (unpaired) electrons. The maximum atomic E-state index is 8.88. The van der Waals surface area contributed by atoms with Gasteiger partial charge in [0, 0.05) is 0 Å². The minimum Gasteiger partial charge on any atom is -0.462 e. The average Bonchev–Trinajstić information content (AvgIpc) is 2.52. The summed E-state index contributed by atoms with van der Waals surface area (Å²) in [7, 11) is 0. The van der Waals surface area contributed by atoms with Crippen molar-refractivity contribution in [1.29, 1.82) is 0 Å². The summed E-state index contributed by atoms with van der Waals surface area (Å²) in [6.07, 6.45) is 0. The summed E-state index contributed by atoms with van der Waals surface area (Å²) in [5.74, 6) is 0.934. The summed E-state index contributed by atoms with van der Waals surface area (Å²) >= 11 is 0. The van der Waals surface area contributed by atoms with Gasteiger partial charge in [0.05, 0.1) is 12.1 Å². The molecule has 0 aromatic carbocycles. The van der Waals surface area contributed by atoms with Crippen LogP contribution >= 0.6 is 0 Å². The summed E-state index contributed by atoms with van der Waals surface area (Å²) in [5.41, 5.74) is 4.81. The van der Waals surface area contributed by atoms with Gasteiger partial charge in [0.1, 0.15) is 18.1 Å². The number of hydrogen-bond donors (Lipinski definition) is 3. The number of aliphatic hydroxyl groups is 2. The molecular formula is C8H13NO3. The van der Waals surface area contributed by atoms with Gasteiger partial charge in [0.15, 0.2) is 0 Å². The van der Waals surface area contributed by atoms with Gasteiger partial charge in [-0.3, -0.25) is 0 Å². The second-order valence-electron chi connectivity index (χ2n) is 3.00. The molecule has 1 rings (SSSR count). The molecule has 1 aromatic rings. The smallest absolute Gasteiger partial charge is 0.129 e. The molecule has 1 atom stereocenters. The van der Waals surface area contributed by atoms with Crippen LogP contribution in [0.3, 0.4) is 0 Å². The lowest BCUT2D eigenvalue weighted by atomic mass is 10.0. The molecular weight excluding hydrogens is 158 g/mol. The lowest BCUT2D eigenvalue weighted by molar-refractivity contribution is 0.178. The van der Waals surface area contributed by atoms with Crippen LogP contribution in [0.1, 0.15) is 18.4 Å². The molecule has 0 aliphatic rings. The fourth-order valence-corrected chi connectivity index (χ4v) is 0.848. The third kappa shape index (κ3) is 1.66. The highest BCUT2D eigenvalue weighted by molar-refractivity contribution is 5.14. The zero-order valence-electron chi connectivity index (χ0n) is 6.95. The van der Waals surface area contributed by atoms with Crippen LogP contribution in [0.4, 0.5) is 0 Å². The van der Waals surface area contributed by atoms with E-state index in [9.17, 15) is 0 Å². The Labute approximate surface area is 70.6 Å². The molecule has 0 spiro atoms. The molecule has 4 N–H and O–H groups in total. The van der Waals surface area contributed by atoms with E-state index in [0.29, 0.717) is 11.5 Å². The first-order valence-corrected chi connectivity index (χ1v) is 3.70. The highest BCUT2D eigenvalue weighted by Crippen LogP contribution is 2.19.